The number of rotatable bonds is 3. The van der Waals surface area contributed by atoms with Gasteiger partial charge in [0, 0.05) is 6.04 Å². The number of benzene rings is 1. The van der Waals surface area contributed by atoms with Crippen LogP contribution in [-0.4, -0.2) is 12.1 Å². The Morgan fingerprint density at radius 1 is 1.06 bits per heavy atom. The third-order valence-corrected chi connectivity index (χ3v) is 3.57. The van der Waals surface area contributed by atoms with Gasteiger partial charge in [-0.2, -0.15) is 0 Å². The molecule has 94 valence electrons. The lowest BCUT2D eigenvalue weighted by molar-refractivity contribution is 0.147. The first-order valence-electron chi connectivity index (χ1n) is 6.67. The Bertz CT molecular complexity index is 336. The van der Waals surface area contributed by atoms with Crippen molar-refractivity contribution in [1.29, 1.82) is 0 Å². The van der Waals surface area contributed by atoms with E-state index in [0.29, 0.717) is 18.1 Å². The molecule has 1 aromatic rings. The zero-order valence-electron chi connectivity index (χ0n) is 10.9. The first-order valence-corrected chi connectivity index (χ1v) is 6.67. The van der Waals surface area contributed by atoms with Crippen LogP contribution in [-0.2, 0) is 0 Å². The molecule has 0 atom stereocenters. The fourth-order valence-electron chi connectivity index (χ4n) is 2.33. The van der Waals surface area contributed by atoms with Crippen molar-refractivity contribution in [2.75, 3.05) is 0 Å². The summed E-state index contributed by atoms with van der Waals surface area (Å²) in [5.74, 6) is 1.58. The molecule has 1 aliphatic rings. The minimum Gasteiger partial charge on any atom is -0.490 e. The SMILES string of the molecule is CC(C)c1ccc(OC2CCC(N)CC2)cc1. The smallest absolute Gasteiger partial charge is 0.119 e. The van der Waals surface area contributed by atoms with Crippen LogP contribution in [0.3, 0.4) is 0 Å². The molecule has 2 N–H and O–H groups in total. The second kappa shape index (κ2) is 5.54. The van der Waals surface area contributed by atoms with Gasteiger partial charge in [0.25, 0.3) is 0 Å². The van der Waals surface area contributed by atoms with Crippen LogP contribution in [0.4, 0.5) is 0 Å². The second-order valence-electron chi connectivity index (χ2n) is 5.38. The van der Waals surface area contributed by atoms with Crippen molar-refractivity contribution in [3.8, 4) is 5.75 Å². The van der Waals surface area contributed by atoms with Gasteiger partial charge in [-0.1, -0.05) is 26.0 Å². The van der Waals surface area contributed by atoms with Gasteiger partial charge in [0.2, 0.25) is 0 Å². The summed E-state index contributed by atoms with van der Waals surface area (Å²) in [5, 5.41) is 0. The summed E-state index contributed by atoms with van der Waals surface area (Å²) in [5.41, 5.74) is 7.25. The van der Waals surface area contributed by atoms with Crippen LogP contribution in [0, 0.1) is 0 Å². The number of nitrogens with two attached hydrogens (primary N) is 1. The fourth-order valence-corrected chi connectivity index (χ4v) is 2.33. The molecule has 0 spiro atoms. The molecule has 0 aromatic heterocycles. The zero-order valence-corrected chi connectivity index (χ0v) is 10.9. The number of ether oxygens (including phenoxy) is 1. The van der Waals surface area contributed by atoms with E-state index in [-0.39, 0.29) is 0 Å². The molecule has 1 fully saturated rings. The molecule has 2 nitrogen and oxygen atoms in total. The molecule has 0 amide bonds. The number of hydrogen-bond donors (Lipinski definition) is 1. The number of hydrogen-bond acceptors (Lipinski definition) is 2. The van der Waals surface area contributed by atoms with Crippen molar-refractivity contribution in [2.24, 2.45) is 5.73 Å². The topological polar surface area (TPSA) is 35.2 Å². The minimum atomic E-state index is 0.361. The van der Waals surface area contributed by atoms with Crippen molar-refractivity contribution >= 4 is 0 Å². The Balaban J connectivity index is 1.90. The quantitative estimate of drug-likeness (QED) is 0.867. The third-order valence-electron chi connectivity index (χ3n) is 3.57. The lowest BCUT2D eigenvalue weighted by Gasteiger charge is -2.26. The van der Waals surface area contributed by atoms with Gasteiger partial charge in [-0.3, -0.25) is 0 Å². The zero-order chi connectivity index (χ0) is 12.3. The largest absolute Gasteiger partial charge is 0.490 e. The van der Waals surface area contributed by atoms with Crippen LogP contribution >= 0.6 is 0 Å². The fraction of sp³-hybridized carbons (Fsp3) is 0.600. The highest BCUT2D eigenvalue weighted by Gasteiger charge is 2.19. The van der Waals surface area contributed by atoms with E-state index in [1.165, 1.54) is 5.56 Å². The molecule has 0 unspecified atom stereocenters. The molecule has 2 heteroatoms. The van der Waals surface area contributed by atoms with E-state index in [2.05, 4.69) is 38.1 Å². The second-order valence-corrected chi connectivity index (χ2v) is 5.38. The molecule has 0 radical (unpaired) electrons. The molecule has 1 aliphatic carbocycles. The summed E-state index contributed by atoms with van der Waals surface area (Å²) < 4.78 is 5.98. The summed E-state index contributed by atoms with van der Waals surface area (Å²) >= 11 is 0. The van der Waals surface area contributed by atoms with Gasteiger partial charge in [-0.15, -0.1) is 0 Å². The Kier molecular flexibility index (Phi) is 4.06. The van der Waals surface area contributed by atoms with Crippen LogP contribution in [0.2, 0.25) is 0 Å². The van der Waals surface area contributed by atoms with Crippen LogP contribution in [0.1, 0.15) is 51.0 Å². The maximum absolute atomic E-state index is 5.98. The summed E-state index contributed by atoms with van der Waals surface area (Å²) in [6, 6.07) is 8.88. The maximum Gasteiger partial charge on any atom is 0.119 e. The van der Waals surface area contributed by atoms with Crippen molar-refractivity contribution in [1.82, 2.24) is 0 Å². The van der Waals surface area contributed by atoms with Crippen LogP contribution < -0.4 is 10.5 Å². The monoisotopic (exact) mass is 233 g/mol. The average Bonchev–Trinajstić information content (AvgIpc) is 2.33. The molecule has 0 saturated heterocycles. The lowest BCUT2D eigenvalue weighted by Crippen LogP contribution is -2.31. The van der Waals surface area contributed by atoms with Crippen LogP contribution in [0.5, 0.6) is 5.75 Å². The summed E-state index contributed by atoms with van der Waals surface area (Å²) in [6.45, 7) is 4.41. The standard InChI is InChI=1S/C15H23NO/c1-11(2)12-3-7-14(8-4-12)17-15-9-5-13(16)6-10-15/h3-4,7-8,11,13,15H,5-6,9-10,16H2,1-2H3. The predicted molar refractivity (Wildman–Crippen MR) is 71.4 cm³/mol. The van der Waals surface area contributed by atoms with Gasteiger partial charge in [-0.05, 0) is 49.3 Å². The van der Waals surface area contributed by atoms with E-state index in [1.807, 2.05) is 0 Å². The normalized spacial score (nSPS) is 24.9. The van der Waals surface area contributed by atoms with Crippen molar-refractivity contribution in [3.63, 3.8) is 0 Å². The van der Waals surface area contributed by atoms with Crippen molar-refractivity contribution in [2.45, 2.75) is 57.6 Å². The minimum absolute atomic E-state index is 0.361. The Labute approximate surface area is 104 Å². The first kappa shape index (κ1) is 12.4. The van der Waals surface area contributed by atoms with E-state index in [9.17, 15) is 0 Å². The highest BCUT2D eigenvalue weighted by atomic mass is 16.5. The van der Waals surface area contributed by atoms with Crippen LogP contribution in [0.15, 0.2) is 24.3 Å². The lowest BCUT2D eigenvalue weighted by atomic mass is 9.94. The predicted octanol–water partition coefficient (Wildman–Crippen LogP) is 3.46. The Hall–Kier alpha value is -1.02. The van der Waals surface area contributed by atoms with Gasteiger partial charge < -0.3 is 10.5 Å². The maximum atomic E-state index is 5.98. The summed E-state index contributed by atoms with van der Waals surface area (Å²) in [4.78, 5) is 0. The van der Waals surface area contributed by atoms with Gasteiger partial charge in [0.1, 0.15) is 5.75 Å². The highest BCUT2D eigenvalue weighted by Crippen LogP contribution is 2.24. The molecular weight excluding hydrogens is 210 g/mol. The third kappa shape index (κ3) is 3.47. The molecular formula is C15H23NO. The van der Waals surface area contributed by atoms with E-state index < -0.39 is 0 Å². The Morgan fingerprint density at radius 3 is 2.18 bits per heavy atom. The molecule has 0 heterocycles. The van der Waals surface area contributed by atoms with Crippen molar-refractivity contribution < 1.29 is 4.74 Å². The average molecular weight is 233 g/mol. The van der Waals surface area contributed by atoms with Crippen molar-refractivity contribution in [3.05, 3.63) is 29.8 Å². The van der Waals surface area contributed by atoms with E-state index in [0.717, 1.165) is 31.4 Å². The summed E-state index contributed by atoms with van der Waals surface area (Å²) in [7, 11) is 0. The van der Waals surface area contributed by atoms with Gasteiger partial charge in [-0.25, -0.2) is 0 Å². The van der Waals surface area contributed by atoms with Gasteiger partial charge in [0.05, 0.1) is 6.10 Å². The van der Waals surface area contributed by atoms with E-state index in [1.54, 1.807) is 0 Å². The molecule has 1 aromatic carbocycles. The van der Waals surface area contributed by atoms with E-state index in [4.69, 9.17) is 10.5 Å². The van der Waals surface area contributed by atoms with Crippen LogP contribution in [0.25, 0.3) is 0 Å². The summed E-state index contributed by atoms with van der Waals surface area (Å²) in [6.07, 6.45) is 4.73. The molecule has 1 saturated carbocycles. The highest BCUT2D eigenvalue weighted by molar-refractivity contribution is 5.29. The van der Waals surface area contributed by atoms with E-state index >= 15 is 0 Å². The molecule has 0 aliphatic heterocycles. The Morgan fingerprint density at radius 2 is 1.65 bits per heavy atom. The van der Waals surface area contributed by atoms with Gasteiger partial charge >= 0.3 is 0 Å². The van der Waals surface area contributed by atoms with Gasteiger partial charge in [0.15, 0.2) is 0 Å². The first-order chi connectivity index (χ1) is 8.15. The molecule has 17 heavy (non-hydrogen) atoms. The molecule has 2 rings (SSSR count). The molecule has 0 bridgehead atoms.